The molecule has 1 saturated carbocycles. The van der Waals surface area contributed by atoms with Gasteiger partial charge in [-0.05, 0) is 43.7 Å². The van der Waals surface area contributed by atoms with E-state index >= 15 is 0 Å². The van der Waals surface area contributed by atoms with Crippen molar-refractivity contribution in [1.29, 1.82) is 0 Å². The topological polar surface area (TPSA) is 82.2 Å². The van der Waals surface area contributed by atoms with Gasteiger partial charge < -0.3 is 9.88 Å². The summed E-state index contributed by atoms with van der Waals surface area (Å²) in [5.74, 6) is 1.39. The highest BCUT2D eigenvalue weighted by molar-refractivity contribution is 5.94. The van der Waals surface area contributed by atoms with E-state index < -0.39 is 0 Å². The molecule has 1 atom stereocenters. The summed E-state index contributed by atoms with van der Waals surface area (Å²) in [4.78, 5) is 42.2. The molecule has 31 heavy (non-hydrogen) atoms. The molecule has 1 N–H and O–H groups in total. The molecule has 0 bridgehead atoms. The molecule has 5 rings (SSSR count). The number of hydrogen-bond donors (Lipinski definition) is 1. The van der Waals surface area contributed by atoms with Gasteiger partial charge in [-0.3, -0.25) is 19.5 Å². The second kappa shape index (κ2) is 8.91. The Morgan fingerprint density at radius 3 is 2.68 bits per heavy atom. The molecule has 0 spiro atoms. The monoisotopic (exact) mass is 421 g/mol. The standard InChI is InChI=1S/C24H31N5O2/c30-23-19-16-28(15-17-5-2-1-3-6-17)14-10-20(19)26-22(27-23)21-7-4-13-29(21)24(31)18-8-11-25-12-9-18/h8-9,11-12,17,21H,1-7,10,13-16H2,(H,26,27,30). The second-order valence-corrected chi connectivity index (χ2v) is 9.26. The zero-order valence-corrected chi connectivity index (χ0v) is 18.1. The molecule has 3 aliphatic rings. The van der Waals surface area contributed by atoms with Crippen molar-refractivity contribution in [3.8, 4) is 0 Å². The number of H-pyrrole nitrogens is 1. The van der Waals surface area contributed by atoms with Crippen molar-refractivity contribution in [2.75, 3.05) is 19.6 Å². The third-order valence-electron chi connectivity index (χ3n) is 7.16. The quantitative estimate of drug-likeness (QED) is 0.820. The lowest BCUT2D eigenvalue weighted by atomic mass is 9.88. The maximum Gasteiger partial charge on any atom is 0.255 e. The molecule has 1 saturated heterocycles. The predicted octanol–water partition coefficient (Wildman–Crippen LogP) is 3.08. The third kappa shape index (κ3) is 4.28. The van der Waals surface area contributed by atoms with Gasteiger partial charge in [0.1, 0.15) is 5.82 Å². The molecule has 7 nitrogen and oxygen atoms in total. The van der Waals surface area contributed by atoms with E-state index in [9.17, 15) is 9.59 Å². The van der Waals surface area contributed by atoms with Crippen molar-refractivity contribution in [2.24, 2.45) is 5.92 Å². The molecule has 2 aromatic heterocycles. The molecule has 0 radical (unpaired) electrons. The Morgan fingerprint density at radius 2 is 1.87 bits per heavy atom. The molecule has 2 fully saturated rings. The number of fused-ring (bicyclic) bond motifs is 1. The first-order valence-corrected chi connectivity index (χ1v) is 11.7. The number of amides is 1. The number of aromatic amines is 1. The first kappa shape index (κ1) is 20.4. The number of nitrogens with one attached hydrogen (secondary N) is 1. The Kier molecular flexibility index (Phi) is 5.85. The fraction of sp³-hybridized carbons (Fsp3) is 0.583. The Hall–Kier alpha value is -2.54. The average Bonchev–Trinajstić information content (AvgIpc) is 3.30. The van der Waals surface area contributed by atoms with E-state index in [1.54, 1.807) is 24.5 Å². The van der Waals surface area contributed by atoms with Crippen LogP contribution in [0.3, 0.4) is 0 Å². The molecule has 1 aliphatic carbocycles. The van der Waals surface area contributed by atoms with E-state index in [1.165, 1.54) is 32.1 Å². The number of carbonyl (C=O) groups is 1. The van der Waals surface area contributed by atoms with E-state index in [0.29, 0.717) is 24.5 Å². The average molecular weight is 422 g/mol. The van der Waals surface area contributed by atoms with Gasteiger partial charge in [0.2, 0.25) is 0 Å². The van der Waals surface area contributed by atoms with Crippen LogP contribution in [0.5, 0.6) is 0 Å². The summed E-state index contributed by atoms with van der Waals surface area (Å²) in [6.07, 6.45) is 12.5. The summed E-state index contributed by atoms with van der Waals surface area (Å²) in [5.41, 5.74) is 2.33. The minimum Gasteiger partial charge on any atom is -0.328 e. The number of aromatic nitrogens is 3. The van der Waals surface area contributed by atoms with Crippen LogP contribution in [-0.2, 0) is 13.0 Å². The van der Waals surface area contributed by atoms with Gasteiger partial charge in [0.25, 0.3) is 11.5 Å². The van der Waals surface area contributed by atoms with Crippen molar-refractivity contribution >= 4 is 5.91 Å². The highest BCUT2D eigenvalue weighted by Crippen LogP contribution is 2.32. The van der Waals surface area contributed by atoms with Crippen LogP contribution in [-0.4, -0.2) is 50.3 Å². The minimum absolute atomic E-state index is 0.0241. The Labute approximate surface area is 182 Å². The molecule has 7 heteroatoms. The van der Waals surface area contributed by atoms with E-state index in [-0.39, 0.29) is 17.5 Å². The number of nitrogens with zero attached hydrogens (tertiary/aromatic N) is 4. The molecule has 4 heterocycles. The number of likely N-dealkylation sites (tertiary alicyclic amines) is 1. The van der Waals surface area contributed by atoms with Gasteiger partial charge in [-0.25, -0.2) is 4.98 Å². The second-order valence-electron chi connectivity index (χ2n) is 9.26. The lowest BCUT2D eigenvalue weighted by Gasteiger charge is -2.33. The van der Waals surface area contributed by atoms with Crippen LogP contribution >= 0.6 is 0 Å². The van der Waals surface area contributed by atoms with Crippen molar-refractivity contribution in [3.63, 3.8) is 0 Å². The van der Waals surface area contributed by atoms with Crippen LogP contribution in [0.15, 0.2) is 29.3 Å². The zero-order valence-electron chi connectivity index (χ0n) is 18.1. The Balaban J connectivity index is 1.33. The molecule has 2 aromatic rings. The smallest absolute Gasteiger partial charge is 0.255 e. The largest absolute Gasteiger partial charge is 0.328 e. The number of hydrogen-bond acceptors (Lipinski definition) is 5. The summed E-state index contributed by atoms with van der Waals surface area (Å²) >= 11 is 0. The van der Waals surface area contributed by atoms with Gasteiger partial charge in [-0.2, -0.15) is 0 Å². The highest BCUT2D eigenvalue weighted by Gasteiger charge is 2.33. The fourth-order valence-corrected chi connectivity index (χ4v) is 5.50. The highest BCUT2D eigenvalue weighted by atomic mass is 16.2. The predicted molar refractivity (Wildman–Crippen MR) is 118 cm³/mol. The molecular formula is C24H31N5O2. The molecule has 0 aromatic carbocycles. The molecule has 1 unspecified atom stereocenters. The van der Waals surface area contributed by atoms with E-state index in [0.717, 1.165) is 49.5 Å². The SMILES string of the molecule is O=C(c1ccncc1)N1CCCC1c1nc2c(c(=O)[nH]1)CN(CC1CCCCC1)CC2. The summed E-state index contributed by atoms with van der Waals surface area (Å²) in [7, 11) is 0. The van der Waals surface area contributed by atoms with Crippen LogP contribution < -0.4 is 5.56 Å². The van der Waals surface area contributed by atoms with E-state index in [2.05, 4.69) is 14.9 Å². The zero-order chi connectivity index (χ0) is 21.2. The molecule has 2 aliphatic heterocycles. The van der Waals surface area contributed by atoms with Crippen molar-refractivity contribution in [2.45, 2.75) is 64.0 Å². The number of rotatable bonds is 4. The van der Waals surface area contributed by atoms with Crippen LogP contribution in [0.4, 0.5) is 0 Å². The third-order valence-corrected chi connectivity index (χ3v) is 7.16. The molecular weight excluding hydrogens is 390 g/mol. The van der Waals surface area contributed by atoms with E-state index in [1.807, 2.05) is 4.90 Å². The summed E-state index contributed by atoms with van der Waals surface area (Å²) in [5, 5.41) is 0. The van der Waals surface area contributed by atoms with Crippen LogP contribution in [0, 0.1) is 5.92 Å². The molecule has 1 amide bonds. The first-order valence-electron chi connectivity index (χ1n) is 11.7. The number of carbonyl (C=O) groups excluding carboxylic acids is 1. The van der Waals surface area contributed by atoms with Crippen LogP contribution in [0.1, 0.15) is 78.4 Å². The summed E-state index contributed by atoms with van der Waals surface area (Å²) < 4.78 is 0. The Morgan fingerprint density at radius 1 is 1.06 bits per heavy atom. The minimum atomic E-state index is -0.168. The fourth-order valence-electron chi connectivity index (χ4n) is 5.50. The maximum atomic E-state index is 13.0. The van der Waals surface area contributed by atoms with Gasteiger partial charge in [0.15, 0.2) is 0 Å². The molecule has 164 valence electrons. The normalized spacial score (nSPS) is 22.5. The maximum absolute atomic E-state index is 13.0. The van der Waals surface area contributed by atoms with Crippen molar-refractivity contribution in [3.05, 3.63) is 57.5 Å². The van der Waals surface area contributed by atoms with Gasteiger partial charge in [-0.15, -0.1) is 0 Å². The van der Waals surface area contributed by atoms with Gasteiger partial charge in [0.05, 0.1) is 17.3 Å². The van der Waals surface area contributed by atoms with Crippen molar-refractivity contribution in [1.82, 2.24) is 24.8 Å². The van der Waals surface area contributed by atoms with Gasteiger partial charge in [0, 0.05) is 50.6 Å². The van der Waals surface area contributed by atoms with Gasteiger partial charge >= 0.3 is 0 Å². The lowest BCUT2D eigenvalue weighted by molar-refractivity contribution is 0.0729. The van der Waals surface area contributed by atoms with Gasteiger partial charge in [-0.1, -0.05) is 19.3 Å². The lowest BCUT2D eigenvalue weighted by Crippen LogP contribution is -2.40. The Bertz CT molecular complexity index is 983. The number of pyridine rings is 1. The van der Waals surface area contributed by atoms with Crippen molar-refractivity contribution < 1.29 is 4.79 Å². The first-order chi connectivity index (χ1) is 15.2. The van der Waals surface area contributed by atoms with E-state index in [4.69, 9.17) is 4.98 Å². The van der Waals surface area contributed by atoms with Crippen LogP contribution in [0.25, 0.3) is 0 Å². The van der Waals surface area contributed by atoms with Crippen LogP contribution in [0.2, 0.25) is 0 Å². The summed E-state index contributed by atoms with van der Waals surface area (Å²) in [6.45, 7) is 3.43. The summed E-state index contributed by atoms with van der Waals surface area (Å²) in [6, 6.07) is 3.31.